The molecule has 8 rings (SSSR count). The van der Waals surface area contributed by atoms with Gasteiger partial charge in [0.2, 0.25) is 0 Å². The van der Waals surface area contributed by atoms with Gasteiger partial charge in [-0.3, -0.25) is 0 Å². The van der Waals surface area contributed by atoms with Gasteiger partial charge in [-0.05, 0) is 100 Å². The van der Waals surface area contributed by atoms with Crippen molar-refractivity contribution in [1.82, 2.24) is 0 Å². The molecule has 0 unspecified atom stereocenters. The molecule has 2 heterocycles. The maximum Gasteiger partial charge on any atom is 0.343 e. The first-order chi connectivity index (χ1) is 26.0. The van der Waals surface area contributed by atoms with E-state index in [-0.39, 0.29) is 11.7 Å². The fourth-order valence-electron chi connectivity index (χ4n) is 8.21. The molecule has 7 nitrogen and oxygen atoms in total. The van der Waals surface area contributed by atoms with E-state index >= 15 is 0 Å². The highest BCUT2D eigenvalue weighted by molar-refractivity contribution is 6.35. The summed E-state index contributed by atoms with van der Waals surface area (Å²) in [5.41, 5.74) is 5.82. The first-order valence-corrected chi connectivity index (χ1v) is 19.0. The van der Waals surface area contributed by atoms with Crippen molar-refractivity contribution in [2.24, 2.45) is 0 Å². The summed E-state index contributed by atoms with van der Waals surface area (Å²) in [6.07, 6.45) is 8.33. The van der Waals surface area contributed by atoms with Crippen LogP contribution in [-0.4, -0.2) is 44.4 Å². The van der Waals surface area contributed by atoms with Gasteiger partial charge >= 0.3 is 5.97 Å². The molecule has 0 atom stereocenters. The van der Waals surface area contributed by atoms with Gasteiger partial charge in [0, 0.05) is 48.7 Å². The van der Waals surface area contributed by atoms with Crippen LogP contribution >= 0.6 is 0 Å². The summed E-state index contributed by atoms with van der Waals surface area (Å²) < 4.78 is 17.9. The molecule has 1 aliphatic heterocycles. The van der Waals surface area contributed by atoms with Crippen LogP contribution in [0.2, 0.25) is 0 Å². The van der Waals surface area contributed by atoms with Crippen LogP contribution in [0.3, 0.4) is 0 Å². The molecule has 1 saturated heterocycles. The molecule has 1 aliphatic rings. The van der Waals surface area contributed by atoms with Gasteiger partial charge in [-0.25, -0.2) is 4.79 Å². The molecule has 0 radical (unpaired) electrons. The Morgan fingerprint density at radius 2 is 1.49 bits per heavy atom. The van der Waals surface area contributed by atoms with Crippen molar-refractivity contribution in [3.8, 4) is 17.2 Å². The predicted molar refractivity (Wildman–Crippen MR) is 216 cm³/mol. The normalized spacial score (nSPS) is 13.4. The molecular formula is C46H46N2O5. The minimum absolute atomic E-state index is 0.214. The van der Waals surface area contributed by atoms with Crippen molar-refractivity contribution in [3.63, 3.8) is 0 Å². The summed E-state index contributed by atoms with van der Waals surface area (Å²) in [6, 6.07) is 30.1. The summed E-state index contributed by atoms with van der Waals surface area (Å²) in [5.74, 6) is 1.17. The van der Waals surface area contributed by atoms with Gasteiger partial charge in [-0.2, -0.15) is 0 Å². The number of methoxy groups -OCH3 is 1. The van der Waals surface area contributed by atoms with E-state index in [0.29, 0.717) is 16.9 Å². The number of rotatable bonds is 11. The number of hydrogen-bond donors (Lipinski definition) is 1. The van der Waals surface area contributed by atoms with Crippen LogP contribution in [0, 0.1) is 0 Å². The Bertz CT molecular complexity index is 2420. The van der Waals surface area contributed by atoms with Crippen LogP contribution in [-0.2, 0) is 12.8 Å². The Morgan fingerprint density at radius 3 is 2.21 bits per heavy atom. The molecule has 7 heteroatoms. The van der Waals surface area contributed by atoms with Crippen LogP contribution in [0.25, 0.3) is 43.3 Å². The number of aryl methyl sites for hydroxylation is 2. The third-order valence-corrected chi connectivity index (χ3v) is 10.9. The van der Waals surface area contributed by atoms with Gasteiger partial charge in [-0.15, -0.1) is 0 Å². The standard InChI is InChI=1S/C46H46N2O5/c1-4-6-7-8-11-30-14-16-31(17-15-30)46(50)53-33-20-18-32(19-21-33)47-23-25-48(26-24-47)39-28-37-38(29-41(39)51-3)45-44(40(49)22-27-52-45)43-34(5-2)35-12-9-10-13-36(35)42(37)43/h9-10,12-22,27-29,49H,4-8,11,23-26H2,1-3H3. The third-order valence-electron chi connectivity index (χ3n) is 10.9. The second kappa shape index (κ2) is 14.7. The third kappa shape index (κ3) is 6.39. The van der Waals surface area contributed by atoms with E-state index in [2.05, 4.69) is 60.0 Å². The van der Waals surface area contributed by atoms with Gasteiger partial charge < -0.3 is 28.8 Å². The molecule has 6 aromatic carbocycles. The largest absolute Gasteiger partial charge is 0.507 e. The summed E-state index contributed by atoms with van der Waals surface area (Å²) in [6.45, 7) is 7.64. The number of esters is 1. The SMILES string of the molecule is CCCCCCc1ccc(C(=O)Oc2ccc(N3CCN(c4cc5c(cc4OC)c4occc(O)c4c4c(CC)c6ccccc6c54)CC3)cc2)cc1. The first kappa shape index (κ1) is 34.4. The van der Waals surface area contributed by atoms with E-state index in [1.807, 2.05) is 48.5 Å². The lowest BCUT2D eigenvalue weighted by molar-refractivity contribution is 0.0734. The number of carbonyl (C=O) groups excluding carboxylic acids is 1. The number of anilines is 2. The lowest BCUT2D eigenvalue weighted by Gasteiger charge is -2.38. The Balaban J connectivity index is 1.02. The highest BCUT2D eigenvalue weighted by atomic mass is 16.5. The fraction of sp³-hybridized carbons (Fsp3) is 0.283. The van der Waals surface area contributed by atoms with Crippen molar-refractivity contribution < 1.29 is 23.8 Å². The smallest absolute Gasteiger partial charge is 0.343 e. The maximum atomic E-state index is 12.9. The first-order valence-electron chi connectivity index (χ1n) is 19.0. The van der Waals surface area contributed by atoms with Crippen molar-refractivity contribution in [2.75, 3.05) is 43.1 Å². The Labute approximate surface area is 310 Å². The fourth-order valence-corrected chi connectivity index (χ4v) is 8.21. The van der Waals surface area contributed by atoms with Crippen molar-refractivity contribution >= 4 is 60.6 Å². The Kier molecular flexibility index (Phi) is 9.57. The minimum atomic E-state index is -0.343. The van der Waals surface area contributed by atoms with Gasteiger partial charge in [0.25, 0.3) is 0 Å². The molecule has 53 heavy (non-hydrogen) atoms. The number of piperazine rings is 1. The zero-order valence-corrected chi connectivity index (χ0v) is 30.8. The number of nitrogens with zero attached hydrogens (tertiary/aromatic N) is 2. The topological polar surface area (TPSA) is 75.4 Å². The van der Waals surface area contributed by atoms with Crippen molar-refractivity contribution in [3.05, 3.63) is 114 Å². The van der Waals surface area contributed by atoms with E-state index < -0.39 is 0 Å². The van der Waals surface area contributed by atoms with E-state index in [4.69, 9.17) is 13.9 Å². The molecule has 270 valence electrons. The maximum absolute atomic E-state index is 12.9. The van der Waals surface area contributed by atoms with Gasteiger partial charge in [0.05, 0.1) is 30.0 Å². The monoisotopic (exact) mass is 706 g/mol. The average molecular weight is 707 g/mol. The quantitative estimate of drug-likeness (QED) is 0.0621. The number of unbranched alkanes of at least 4 members (excludes halogenated alkanes) is 3. The molecule has 1 aromatic heterocycles. The molecule has 0 spiro atoms. The second-order valence-electron chi connectivity index (χ2n) is 14.1. The zero-order valence-electron chi connectivity index (χ0n) is 30.8. The number of benzene rings is 5. The lowest BCUT2D eigenvalue weighted by atomic mass is 9.96. The van der Waals surface area contributed by atoms with Crippen molar-refractivity contribution in [2.45, 2.75) is 52.4 Å². The lowest BCUT2D eigenvalue weighted by Crippen LogP contribution is -2.46. The summed E-state index contributed by atoms with van der Waals surface area (Å²) in [4.78, 5) is 17.6. The van der Waals surface area contributed by atoms with E-state index in [1.165, 1.54) is 47.6 Å². The van der Waals surface area contributed by atoms with Crippen LogP contribution in [0.15, 0.2) is 102 Å². The molecular weight excluding hydrogens is 661 g/mol. The van der Waals surface area contributed by atoms with Crippen LogP contribution < -0.4 is 19.3 Å². The van der Waals surface area contributed by atoms with Gasteiger partial charge in [0.1, 0.15) is 22.8 Å². The number of carbonyl (C=O) groups is 1. The van der Waals surface area contributed by atoms with E-state index in [0.717, 1.165) is 83.1 Å². The van der Waals surface area contributed by atoms with E-state index in [1.54, 1.807) is 19.4 Å². The number of aromatic hydroxyl groups is 1. The van der Waals surface area contributed by atoms with Gasteiger partial charge in [0.15, 0.2) is 0 Å². The highest BCUT2D eigenvalue weighted by Crippen LogP contribution is 2.48. The highest BCUT2D eigenvalue weighted by Gasteiger charge is 2.25. The number of hydrogen-bond acceptors (Lipinski definition) is 7. The van der Waals surface area contributed by atoms with E-state index in [9.17, 15) is 9.90 Å². The average Bonchev–Trinajstić information content (AvgIpc) is 3.54. The second-order valence-corrected chi connectivity index (χ2v) is 14.1. The molecule has 1 fully saturated rings. The molecule has 7 aromatic rings. The number of fused-ring (bicyclic) bond motifs is 8. The summed E-state index contributed by atoms with van der Waals surface area (Å²) >= 11 is 0. The molecule has 1 N–H and O–H groups in total. The van der Waals surface area contributed by atoms with Crippen LogP contribution in [0.1, 0.15) is 61.0 Å². The summed E-state index contributed by atoms with van der Waals surface area (Å²) in [7, 11) is 1.71. The van der Waals surface area contributed by atoms with Crippen molar-refractivity contribution in [1.29, 1.82) is 0 Å². The number of ether oxygens (including phenoxy) is 2. The minimum Gasteiger partial charge on any atom is -0.507 e. The summed E-state index contributed by atoms with van der Waals surface area (Å²) in [5, 5.41) is 18.5. The van der Waals surface area contributed by atoms with Crippen LogP contribution in [0.5, 0.6) is 17.2 Å². The zero-order chi connectivity index (χ0) is 36.5. The Hall–Kier alpha value is -5.69. The predicted octanol–water partition coefficient (Wildman–Crippen LogP) is 10.8. The Morgan fingerprint density at radius 1 is 0.755 bits per heavy atom. The van der Waals surface area contributed by atoms with Gasteiger partial charge in [-0.1, -0.05) is 69.5 Å². The molecule has 0 saturated carbocycles. The molecule has 0 bridgehead atoms. The molecule has 0 aliphatic carbocycles. The molecule has 0 amide bonds. The van der Waals surface area contributed by atoms with Crippen LogP contribution in [0.4, 0.5) is 11.4 Å².